The quantitative estimate of drug-likeness (QED) is 0.606. The summed E-state index contributed by atoms with van der Waals surface area (Å²) < 4.78 is 21.7. The van der Waals surface area contributed by atoms with E-state index >= 15 is 0 Å². The average molecular weight is 485 g/mol. The average Bonchev–Trinajstić information content (AvgIpc) is 2.89. The molecule has 188 valence electrons. The molecule has 0 fully saturated rings. The van der Waals surface area contributed by atoms with Crippen LogP contribution >= 0.6 is 0 Å². The summed E-state index contributed by atoms with van der Waals surface area (Å²) in [5.41, 5.74) is 1.82. The van der Waals surface area contributed by atoms with E-state index in [9.17, 15) is 14.4 Å². The number of methoxy groups -OCH3 is 2. The van der Waals surface area contributed by atoms with E-state index in [1.807, 2.05) is 6.07 Å². The molecule has 9 heteroatoms. The highest BCUT2D eigenvalue weighted by atomic mass is 16.5. The Balaban J connectivity index is 1.71. The van der Waals surface area contributed by atoms with E-state index in [1.54, 1.807) is 36.4 Å². The summed E-state index contributed by atoms with van der Waals surface area (Å²) in [7, 11) is 3.07. The summed E-state index contributed by atoms with van der Waals surface area (Å²) in [6.45, 7) is 1.74. The molecule has 9 nitrogen and oxygen atoms in total. The minimum absolute atomic E-state index is 0.104. The Labute approximate surface area is 205 Å². The predicted octanol–water partition coefficient (Wildman–Crippen LogP) is 2.40. The van der Waals surface area contributed by atoms with Gasteiger partial charge in [-0.1, -0.05) is 18.2 Å². The second kappa shape index (κ2) is 13.5. The van der Waals surface area contributed by atoms with E-state index in [2.05, 4.69) is 10.6 Å². The van der Waals surface area contributed by atoms with Gasteiger partial charge in [0.2, 0.25) is 5.78 Å². The molecule has 35 heavy (non-hydrogen) atoms. The van der Waals surface area contributed by atoms with Gasteiger partial charge in [0.1, 0.15) is 11.5 Å². The summed E-state index contributed by atoms with van der Waals surface area (Å²) in [6, 6.07) is 11.3. The van der Waals surface area contributed by atoms with Crippen LogP contribution in [0.15, 0.2) is 42.5 Å². The van der Waals surface area contributed by atoms with Crippen molar-refractivity contribution in [1.82, 2.24) is 10.6 Å². The number of nitrogens with one attached hydrogen (secondary N) is 2. The Kier molecular flexibility index (Phi) is 10.1. The third-order valence-corrected chi connectivity index (χ3v) is 5.63. The summed E-state index contributed by atoms with van der Waals surface area (Å²) >= 11 is 0. The first-order valence-corrected chi connectivity index (χ1v) is 11.6. The number of fused-ring (bicyclic) bond motifs is 1. The Hall–Kier alpha value is -3.43. The first kappa shape index (κ1) is 26.2. The van der Waals surface area contributed by atoms with Gasteiger partial charge in [-0.15, -0.1) is 0 Å². The SMILES string of the molecule is COc1cc(CNC(=O)C(=O)C2CCCCOCCOCc3ccccc3C(=O)N2)cc(OC)c1. The van der Waals surface area contributed by atoms with Crippen molar-refractivity contribution in [3.8, 4) is 11.5 Å². The Morgan fingerprint density at radius 1 is 1.00 bits per heavy atom. The summed E-state index contributed by atoms with van der Waals surface area (Å²) in [5.74, 6) is -0.742. The lowest BCUT2D eigenvalue weighted by molar-refractivity contribution is -0.139. The van der Waals surface area contributed by atoms with Gasteiger partial charge in [-0.25, -0.2) is 0 Å². The molecule has 2 amide bonds. The van der Waals surface area contributed by atoms with Crippen LogP contribution in [0.2, 0.25) is 0 Å². The molecular weight excluding hydrogens is 452 g/mol. The van der Waals surface area contributed by atoms with Crippen molar-refractivity contribution in [2.45, 2.75) is 38.5 Å². The first-order valence-electron chi connectivity index (χ1n) is 11.6. The van der Waals surface area contributed by atoms with E-state index in [0.717, 1.165) is 0 Å². The lowest BCUT2D eigenvalue weighted by Gasteiger charge is -2.19. The fraction of sp³-hybridized carbons (Fsp3) is 0.423. The number of carbonyl (C=O) groups is 3. The lowest BCUT2D eigenvalue weighted by atomic mass is 10.0. The van der Waals surface area contributed by atoms with Crippen LogP contribution in [0, 0.1) is 0 Å². The van der Waals surface area contributed by atoms with Crippen LogP contribution in [0.4, 0.5) is 0 Å². The van der Waals surface area contributed by atoms with Gasteiger partial charge in [-0.3, -0.25) is 14.4 Å². The smallest absolute Gasteiger partial charge is 0.289 e. The van der Waals surface area contributed by atoms with Crippen LogP contribution in [0.1, 0.15) is 40.7 Å². The molecule has 1 atom stereocenters. The third-order valence-electron chi connectivity index (χ3n) is 5.63. The van der Waals surface area contributed by atoms with Crippen LogP contribution in [0.3, 0.4) is 0 Å². The van der Waals surface area contributed by atoms with Crippen molar-refractivity contribution in [2.75, 3.05) is 34.0 Å². The highest BCUT2D eigenvalue weighted by Gasteiger charge is 2.27. The Morgan fingerprint density at radius 2 is 1.71 bits per heavy atom. The van der Waals surface area contributed by atoms with Crippen LogP contribution in [-0.2, 0) is 32.2 Å². The van der Waals surface area contributed by atoms with Gasteiger partial charge in [0.15, 0.2) is 0 Å². The molecule has 1 aliphatic rings. The van der Waals surface area contributed by atoms with Gasteiger partial charge in [0.25, 0.3) is 11.8 Å². The van der Waals surface area contributed by atoms with E-state index in [4.69, 9.17) is 18.9 Å². The molecule has 1 heterocycles. The van der Waals surface area contributed by atoms with Crippen LogP contribution in [0.25, 0.3) is 0 Å². The number of carbonyl (C=O) groups excluding carboxylic acids is 3. The minimum atomic E-state index is -0.959. The van der Waals surface area contributed by atoms with Crippen molar-refractivity contribution in [3.63, 3.8) is 0 Å². The zero-order valence-electron chi connectivity index (χ0n) is 20.1. The number of Topliss-reactive ketones (excluding diaryl/α,β-unsaturated/α-hetero) is 1. The summed E-state index contributed by atoms with van der Waals surface area (Å²) in [5, 5.41) is 5.40. The molecule has 1 aliphatic heterocycles. The van der Waals surface area contributed by atoms with Crippen LogP contribution in [-0.4, -0.2) is 57.7 Å². The maximum Gasteiger partial charge on any atom is 0.289 e. The molecule has 0 bridgehead atoms. The second-order valence-electron chi connectivity index (χ2n) is 8.11. The third kappa shape index (κ3) is 7.80. The fourth-order valence-corrected chi connectivity index (χ4v) is 3.72. The minimum Gasteiger partial charge on any atom is -0.497 e. The summed E-state index contributed by atoms with van der Waals surface area (Å²) in [4.78, 5) is 38.8. The van der Waals surface area contributed by atoms with Crippen molar-refractivity contribution in [1.29, 1.82) is 0 Å². The number of benzene rings is 2. The lowest BCUT2D eigenvalue weighted by Crippen LogP contribution is -2.47. The molecule has 0 spiro atoms. The predicted molar refractivity (Wildman–Crippen MR) is 128 cm³/mol. The van der Waals surface area contributed by atoms with E-state index in [0.29, 0.717) is 67.3 Å². The number of ether oxygens (including phenoxy) is 4. The molecule has 0 aliphatic carbocycles. The molecule has 1 unspecified atom stereocenters. The highest BCUT2D eigenvalue weighted by molar-refractivity contribution is 6.38. The van der Waals surface area contributed by atoms with Gasteiger partial charge < -0.3 is 29.6 Å². The number of amides is 2. The molecule has 0 saturated heterocycles. The van der Waals surface area contributed by atoms with Gasteiger partial charge in [0.05, 0.1) is 40.1 Å². The summed E-state index contributed by atoms with van der Waals surface area (Å²) in [6.07, 6.45) is 1.63. The largest absolute Gasteiger partial charge is 0.497 e. The normalized spacial score (nSPS) is 17.3. The van der Waals surface area contributed by atoms with E-state index in [-0.39, 0.29) is 13.2 Å². The molecule has 2 N–H and O–H groups in total. The zero-order valence-corrected chi connectivity index (χ0v) is 20.1. The second-order valence-corrected chi connectivity index (χ2v) is 8.11. The van der Waals surface area contributed by atoms with Crippen LogP contribution in [0.5, 0.6) is 11.5 Å². The zero-order chi connectivity index (χ0) is 25.0. The first-order chi connectivity index (χ1) is 17.0. The maximum atomic E-state index is 13.0. The monoisotopic (exact) mass is 484 g/mol. The van der Waals surface area contributed by atoms with Crippen molar-refractivity contribution < 1.29 is 33.3 Å². The molecule has 0 radical (unpaired) electrons. The topological polar surface area (TPSA) is 112 Å². The molecule has 3 rings (SSSR count). The maximum absolute atomic E-state index is 13.0. The van der Waals surface area contributed by atoms with Gasteiger partial charge in [-0.2, -0.15) is 0 Å². The Morgan fingerprint density at radius 3 is 2.46 bits per heavy atom. The molecule has 2 aromatic rings. The van der Waals surface area contributed by atoms with E-state index in [1.165, 1.54) is 14.2 Å². The highest BCUT2D eigenvalue weighted by Crippen LogP contribution is 2.22. The van der Waals surface area contributed by atoms with Gasteiger partial charge in [0, 0.05) is 24.8 Å². The molecule has 0 aromatic heterocycles. The van der Waals surface area contributed by atoms with Crippen LogP contribution < -0.4 is 20.1 Å². The van der Waals surface area contributed by atoms with Gasteiger partial charge in [-0.05, 0) is 48.6 Å². The molecular formula is C26H32N2O7. The van der Waals surface area contributed by atoms with Crippen molar-refractivity contribution in [2.24, 2.45) is 0 Å². The van der Waals surface area contributed by atoms with Gasteiger partial charge >= 0.3 is 0 Å². The van der Waals surface area contributed by atoms with Crippen molar-refractivity contribution in [3.05, 3.63) is 59.2 Å². The molecule has 2 aromatic carbocycles. The molecule has 0 saturated carbocycles. The van der Waals surface area contributed by atoms with Crippen molar-refractivity contribution >= 4 is 17.6 Å². The number of hydrogen-bond donors (Lipinski definition) is 2. The fourth-order valence-electron chi connectivity index (χ4n) is 3.72. The number of ketones is 1. The number of hydrogen-bond acceptors (Lipinski definition) is 7. The number of rotatable bonds is 6. The Bertz CT molecular complexity index is 1000. The van der Waals surface area contributed by atoms with E-state index < -0.39 is 23.6 Å². The standard InChI is InChI=1S/C26H32N2O7/c1-32-20-13-18(14-21(15-20)33-2)16-27-26(31)24(29)23-9-5-6-10-34-11-12-35-17-19-7-3-4-8-22(19)25(30)28-23/h3-4,7-8,13-15,23H,5-6,9-12,16-17H2,1-2H3,(H,27,31)(H,28,30).